The molecule has 1 aliphatic rings. The SMILES string of the molecule is C=CCOc1c(OCC)ccc2c1C(CCO)C[N+](Cc1ccc(F)c(F)c1)=C2CCCCCCCCCCC.[Br-]. The molecule has 0 radical (unpaired) electrons. The molecule has 2 aromatic rings. The number of aliphatic hydroxyl groups is 1. The highest BCUT2D eigenvalue weighted by Gasteiger charge is 2.36. The Morgan fingerprint density at radius 1 is 0.951 bits per heavy atom. The van der Waals surface area contributed by atoms with Crippen molar-refractivity contribution in [1.29, 1.82) is 0 Å². The molecule has 41 heavy (non-hydrogen) atoms. The molecule has 3 rings (SSSR count). The van der Waals surface area contributed by atoms with Gasteiger partial charge in [0, 0.05) is 35.6 Å². The molecule has 1 N–H and O–H groups in total. The van der Waals surface area contributed by atoms with Gasteiger partial charge in [0.2, 0.25) is 0 Å². The highest BCUT2D eigenvalue weighted by Crippen LogP contribution is 2.43. The average molecular weight is 637 g/mol. The average Bonchev–Trinajstić information content (AvgIpc) is 2.95. The predicted molar refractivity (Wildman–Crippen MR) is 159 cm³/mol. The summed E-state index contributed by atoms with van der Waals surface area (Å²) < 4.78 is 42.2. The third kappa shape index (κ3) is 10.2. The molecular formula is C34H48BrF2NO3. The Kier molecular flexibility index (Phi) is 16.2. The smallest absolute Gasteiger partial charge is 0.184 e. The Bertz CT molecular complexity index is 1120. The fraction of sp³-hybridized carbons (Fsp3) is 0.559. The Morgan fingerprint density at radius 2 is 1.66 bits per heavy atom. The van der Waals surface area contributed by atoms with Gasteiger partial charge in [-0.15, -0.1) is 0 Å². The number of unbranched alkanes of at least 4 members (excludes halogenated alkanes) is 8. The van der Waals surface area contributed by atoms with Gasteiger partial charge < -0.3 is 31.6 Å². The molecule has 0 saturated carbocycles. The summed E-state index contributed by atoms with van der Waals surface area (Å²) in [6.07, 6.45) is 14.4. The summed E-state index contributed by atoms with van der Waals surface area (Å²) in [7, 11) is 0. The number of ether oxygens (including phenoxy) is 2. The summed E-state index contributed by atoms with van der Waals surface area (Å²) in [4.78, 5) is 0. The number of rotatable bonds is 19. The monoisotopic (exact) mass is 635 g/mol. The van der Waals surface area contributed by atoms with Gasteiger partial charge in [0.25, 0.3) is 0 Å². The van der Waals surface area contributed by atoms with E-state index >= 15 is 0 Å². The van der Waals surface area contributed by atoms with E-state index in [1.807, 2.05) is 13.0 Å². The van der Waals surface area contributed by atoms with E-state index in [1.165, 1.54) is 62.8 Å². The van der Waals surface area contributed by atoms with Crippen LogP contribution in [0.3, 0.4) is 0 Å². The number of halogens is 3. The zero-order chi connectivity index (χ0) is 28.7. The topological polar surface area (TPSA) is 41.7 Å². The van der Waals surface area contributed by atoms with Crippen LogP contribution < -0.4 is 26.5 Å². The summed E-state index contributed by atoms with van der Waals surface area (Å²) in [5.74, 6) is -0.254. The molecule has 1 aliphatic heterocycles. The number of hydrogen-bond acceptors (Lipinski definition) is 3. The van der Waals surface area contributed by atoms with Crippen molar-refractivity contribution >= 4 is 5.71 Å². The second kappa shape index (κ2) is 19.0. The minimum atomic E-state index is -0.836. The third-order valence-electron chi connectivity index (χ3n) is 7.70. The van der Waals surface area contributed by atoms with E-state index in [2.05, 4.69) is 24.1 Å². The van der Waals surface area contributed by atoms with E-state index in [1.54, 1.807) is 12.1 Å². The molecule has 4 nitrogen and oxygen atoms in total. The number of fused-ring (bicyclic) bond motifs is 1. The van der Waals surface area contributed by atoms with Crippen LogP contribution in [0.4, 0.5) is 8.78 Å². The van der Waals surface area contributed by atoms with Crippen molar-refractivity contribution in [3.63, 3.8) is 0 Å². The molecule has 7 heteroatoms. The molecule has 1 unspecified atom stereocenters. The van der Waals surface area contributed by atoms with E-state index in [0.717, 1.165) is 41.7 Å². The number of benzene rings is 2. The highest BCUT2D eigenvalue weighted by molar-refractivity contribution is 6.00. The van der Waals surface area contributed by atoms with Crippen LogP contribution in [-0.2, 0) is 6.54 Å². The van der Waals surface area contributed by atoms with E-state index in [0.29, 0.717) is 38.5 Å². The van der Waals surface area contributed by atoms with E-state index in [9.17, 15) is 13.9 Å². The van der Waals surface area contributed by atoms with Gasteiger partial charge in [-0.25, -0.2) is 13.4 Å². The Hall–Kier alpha value is -2.25. The van der Waals surface area contributed by atoms with Gasteiger partial charge in [0.05, 0.1) is 6.61 Å². The fourth-order valence-corrected chi connectivity index (χ4v) is 5.74. The molecule has 0 fully saturated rings. The molecule has 0 spiro atoms. The van der Waals surface area contributed by atoms with Crippen molar-refractivity contribution in [3.05, 3.63) is 71.3 Å². The lowest BCUT2D eigenvalue weighted by Crippen LogP contribution is -3.00. The maximum absolute atomic E-state index is 14.1. The minimum absolute atomic E-state index is 0. The van der Waals surface area contributed by atoms with Crippen LogP contribution in [0, 0.1) is 11.6 Å². The van der Waals surface area contributed by atoms with Gasteiger partial charge in [0.1, 0.15) is 6.61 Å². The highest BCUT2D eigenvalue weighted by atomic mass is 79.9. The van der Waals surface area contributed by atoms with Crippen LogP contribution in [0.1, 0.15) is 107 Å². The molecule has 0 bridgehead atoms. The molecule has 0 amide bonds. The third-order valence-corrected chi connectivity index (χ3v) is 7.70. The molecule has 0 aromatic heterocycles. The van der Waals surface area contributed by atoms with Gasteiger partial charge in [-0.3, -0.25) is 0 Å². The van der Waals surface area contributed by atoms with Crippen molar-refractivity contribution < 1.29 is 44.9 Å². The van der Waals surface area contributed by atoms with E-state index in [4.69, 9.17) is 9.47 Å². The lowest BCUT2D eigenvalue weighted by atomic mass is 9.83. The summed E-state index contributed by atoms with van der Waals surface area (Å²) >= 11 is 0. The Morgan fingerprint density at radius 3 is 2.29 bits per heavy atom. The normalized spacial score (nSPS) is 14.4. The van der Waals surface area contributed by atoms with Gasteiger partial charge in [0.15, 0.2) is 41.9 Å². The predicted octanol–water partition coefficient (Wildman–Crippen LogP) is 5.33. The zero-order valence-electron chi connectivity index (χ0n) is 24.9. The van der Waals surface area contributed by atoms with Crippen LogP contribution >= 0.6 is 0 Å². The first-order valence-corrected chi connectivity index (χ1v) is 15.2. The molecule has 228 valence electrons. The maximum atomic E-state index is 14.1. The van der Waals surface area contributed by atoms with Crippen molar-refractivity contribution in [3.8, 4) is 11.5 Å². The minimum Gasteiger partial charge on any atom is -1.00 e. The zero-order valence-corrected chi connectivity index (χ0v) is 26.5. The number of aliphatic hydroxyl groups excluding tert-OH is 1. The van der Waals surface area contributed by atoms with Gasteiger partial charge >= 0.3 is 0 Å². The van der Waals surface area contributed by atoms with Gasteiger partial charge in [-0.1, -0.05) is 70.9 Å². The van der Waals surface area contributed by atoms with E-state index in [-0.39, 0.29) is 29.5 Å². The first kappa shape index (κ1) is 34.9. The quantitative estimate of drug-likeness (QED) is 0.129. The second-order valence-electron chi connectivity index (χ2n) is 10.8. The van der Waals surface area contributed by atoms with Crippen LogP contribution in [-0.4, -0.2) is 41.8 Å². The summed E-state index contributed by atoms with van der Waals surface area (Å²) in [5.41, 5.74) is 4.07. The van der Waals surface area contributed by atoms with Gasteiger partial charge in [-0.2, -0.15) is 0 Å². The Labute approximate surface area is 256 Å². The molecule has 1 heterocycles. The standard InChI is InChI=1S/C34H48F2NO3.BrH/c1-4-7-8-9-10-11-12-13-14-15-31-28-17-19-32(39-6-3)34(40-22-5-2)33(28)27(20-21-38)25-37(31)24-26-16-18-29(35)30(36)23-26;/h5,16-19,23,27,38H,2,4,6-15,20-22,24-25H2,1,3H3;1H/q+1;/p-1. The second-order valence-corrected chi connectivity index (χ2v) is 10.8. The van der Waals surface area contributed by atoms with Crippen LogP contribution in [0.2, 0.25) is 0 Å². The first-order chi connectivity index (χ1) is 19.5. The molecule has 0 saturated heterocycles. The van der Waals surface area contributed by atoms with Crippen molar-refractivity contribution in [2.24, 2.45) is 0 Å². The molecule has 0 aliphatic carbocycles. The lowest BCUT2D eigenvalue weighted by Gasteiger charge is -2.28. The fourth-order valence-electron chi connectivity index (χ4n) is 5.74. The van der Waals surface area contributed by atoms with Crippen molar-refractivity contribution in [2.75, 3.05) is 26.4 Å². The molecule has 2 aromatic carbocycles. The van der Waals surface area contributed by atoms with Crippen LogP contribution in [0.5, 0.6) is 11.5 Å². The Balaban J connectivity index is 0.00000588. The first-order valence-electron chi connectivity index (χ1n) is 15.2. The molecule has 1 atom stereocenters. The van der Waals surface area contributed by atoms with Crippen molar-refractivity contribution in [1.82, 2.24) is 0 Å². The summed E-state index contributed by atoms with van der Waals surface area (Å²) in [6.45, 7) is 10.1. The number of hydrogen-bond donors (Lipinski definition) is 1. The lowest BCUT2D eigenvalue weighted by molar-refractivity contribution is -0.549. The largest absolute Gasteiger partial charge is 1.00 e. The number of nitrogens with zero attached hydrogens (tertiary/aromatic N) is 1. The summed E-state index contributed by atoms with van der Waals surface area (Å²) in [5, 5.41) is 9.98. The van der Waals surface area contributed by atoms with Crippen LogP contribution in [0.25, 0.3) is 0 Å². The van der Waals surface area contributed by atoms with Crippen LogP contribution in [0.15, 0.2) is 43.0 Å². The summed E-state index contributed by atoms with van der Waals surface area (Å²) in [6, 6.07) is 8.21. The van der Waals surface area contributed by atoms with E-state index < -0.39 is 11.6 Å². The maximum Gasteiger partial charge on any atom is 0.184 e. The van der Waals surface area contributed by atoms with Crippen molar-refractivity contribution in [2.45, 2.75) is 96.9 Å². The molecular weight excluding hydrogens is 588 g/mol. The van der Waals surface area contributed by atoms with Gasteiger partial charge in [-0.05, 0) is 50.1 Å².